The molecule has 3 aromatic rings. The Morgan fingerprint density at radius 1 is 1.05 bits per heavy atom. The Morgan fingerprint density at radius 3 is 2.50 bits per heavy atom. The fourth-order valence-electron chi connectivity index (χ4n) is 2.20. The van der Waals surface area contributed by atoms with Crippen LogP contribution in [0.15, 0.2) is 61.2 Å². The first-order chi connectivity index (χ1) is 10.8. The highest BCUT2D eigenvalue weighted by molar-refractivity contribution is 5.76. The number of carbonyl (C=O) groups excluding carboxylic acids is 1. The number of nitrogens with one attached hydrogen (secondary N) is 1. The lowest BCUT2D eigenvalue weighted by Gasteiger charge is -2.18. The number of hydrogen-bond donors (Lipinski definition) is 1. The average Bonchev–Trinajstić information content (AvgIpc) is 3.21. The molecule has 1 unspecified atom stereocenters. The molecule has 3 rings (SSSR count). The predicted octanol–water partition coefficient (Wildman–Crippen LogP) is 1.03. The normalized spacial score (nSPS) is 12.0. The second-order valence-corrected chi connectivity index (χ2v) is 4.82. The quantitative estimate of drug-likeness (QED) is 0.737. The molecule has 0 radical (unpaired) electrons. The molecule has 2 aromatic heterocycles. The van der Waals surface area contributed by atoms with E-state index in [0.29, 0.717) is 6.54 Å². The van der Waals surface area contributed by atoms with Crippen molar-refractivity contribution in [3.63, 3.8) is 0 Å². The third-order valence-electron chi connectivity index (χ3n) is 3.21. The number of amides is 1. The van der Waals surface area contributed by atoms with Gasteiger partial charge in [0.25, 0.3) is 0 Å². The minimum atomic E-state index is -0.198. The number of rotatable bonds is 6. The third kappa shape index (κ3) is 3.57. The largest absolute Gasteiger partial charge is 0.346 e. The van der Waals surface area contributed by atoms with Crippen LogP contribution in [0.4, 0.5) is 0 Å². The van der Waals surface area contributed by atoms with Gasteiger partial charge >= 0.3 is 0 Å². The van der Waals surface area contributed by atoms with E-state index >= 15 is 0 Å². The number of benzene rings is 1. The molecule has 1 atom stereocenters. The van der Waals surface area contributed by atoms with Crippen LogP contribution >= 0.6 is 0 Å². The van der Waals surface area contributed by atoms with Gasteiger partial charge in [0.2, 0.25) is 5.91 Å². The SMILES string of the molecule is O=C(Cn1cccn1)NC(Cn1nccn1)c1ccccc1. The first kappa shape index (κ1) is 14.0. The molecule has 0 saturated carbocycles. The molecule has 0 aliphatic rings. The van der Waals surface area contributed by atoms with Crippen molar-refractivity contribution in [1.82, 2.24) is 30.1 Å². The number of carbonyl (C=O) groups is 1. The van der Waals surface area contributed by atoms with Gasteiger partial charge in [0, 0.05) is 12.4 Å². The van der Waals surface area contributed by atoms with Crippen LogP contribution in [0.3, 0.4) is 0 Å². The van der Waals surface area contributed by atoms with Gasteiger partial charge in [-0.3, -0.25) is 9.48 Å². The summed E-state index contributed by atoms with van der Waals surface area (Å²) in [5.74, 6) is -0.107. The number of nitrogens with zero attached hydrogens (tertiary/aromatic N) is 5. The number of hydrogen-bond acceptors (Lipinski definition) is 4. The van der Waals surface area contributed by atoms with Crippen molar-refractivity contribution in [3.8, 4) is 0 Å². The molecule has 1 aromatic carbocycles. The zero-order valence-electron chi connectivity index (χ0n) is 11.9. The topological polar surface area (TPSA) is 77.6 Å². The highest BCUT2D eigenvalue weighted by Gasteiger charge is 2.16. The Morgan fingerprint density at radius 2 is 1.82 bits per heavy atom. The maximum absolute atomic E-state index is 12.2. The van der Waals surface area contributed by atoms with Gasteiger partial charge in [-0.2, -0.15) is 20.1 Å². The Bertz CT molecular complexity index is 693. The Hall–Kier alpha value is -2.96. The summed E-state index contributed by atoms with van der Waals surface area (Å²) >= 11 is 0. The fraction of sp³-hybridized carbons (Fsp3) is 0.200. The molecule has 112 valence electrons. The summed E-state index contributed by atoms with van der Waals surface area (Å²) in [6, 6.07) is 11.4. The van der Waals surface area contributed by atoms with E-state index in [1.54, 1.807) is 40.3 Å². The van der Waals surface area contributed by atoms with Crippen LogP contribution in [0.1, 0.15) is 11.6 Å². The van der Waals surface area contributed by atoms with E-state index in [4.69, 9.17) is 0 Å². The molecule has 7 nitrogen and oxygen atoms in total. The standard InChI is InChI=1S/C15H16N6O/c22-15(12-20-10-4-7-16-20)19-14(11-21-17-8-9-18-21)13-5-2-1-3-6-13/h1-10,14H,11-12H2,(H,19,22). The smallest absolute Gasteiger partial charge is 0.242 e. The first-order valence-electron chi connectivity index (χ1n) is 6.97. The van der Waals surface area contributed by atoms with Crippen LogP contribution in [-0.2, 0) is 17.9 Å². The van der Waals surface area contributed by atoms with Crippen LogP contribution in [0.5, 0.6) is 0 Å². The molecule has 0 spiro atoms. The summed E-state index contributed by atoms with van der Waals surface area (Å²) in [5, 5.41) is 15.2. The summed E-state index contributed by atoms with van der Waals surface area (Å²) in [6.07, 6.45) is 6.64. The molecule has 22 heavy (non-hydrogen) atoms. The lowest BCUT2D eigenvalue weighted by Crippen LogP contribution is -2.34. The zero-order valence-corrected chi connectivity index (χ0v) is 11.9. The van der Waals surface area contributed by atoms with Crippen molar-refractivity contribution < 1.29 is 4.79 Å². The molecule has 2 heterocycles. The van der Waals surface area contributed by atoms with Gasteiger partial charge in [0.05, 0.1) is 25.0 Å². The predicted molar refractivity (Wildman–Crippen MR) is 79.6 cm³/mol. The Balaban J connectivity index is 1.72. The maximum atomic E-state index is 12.2. The van der Waals surface area contributed by atoms with Gasteiger partial charge in [-0.25, -0.2) is 0 Å². The molecule has 0 aliphatic heterocycles. The van der Waals surface area contributed by atoms with Crippen molar-refractivity contribution >= 4 is 5.91 Å². The monoisotopic (exact) mass is 296 g/mol. The summed E-state index contributed by atoms with van der Waals surface area (Å²) < 4.78 is 1.59. The molecular formula is C15H16N6O. The van der Waals surface area contributed by atoms with Gasteiger partial charge in [-0.15, -0.1) is 0 Å². The molecule has 0 aliphatic carbocycles. The maximum Gasteiger partial charge on any atom is 0.242 e. The average molecular weight is 296 g/mol. The van der Waals surface area contributed by atoms with Crippen LogP contribution in [0, 0.1) is 0 Å². The van der Waals surface area contributed by atoms with Gasteiger partial charge in [0.15, 0.2) is 0 Å². The summed E-state index contributed by atoms with van der Waals surface area (Å²) in [6.45, 7) is 0.657. The van der Waals surface area contributed by atoms with Gasteiger partial charge in [-0.1, -0.05) is 30.3 Å². The summed E-state index contributed by atoms with van der Waals surface area (Å²) in [7, 11) is 0. The Kier molecular flexibility index (Phi) is 4.24. The number of aromatic nitrogens is 5. The molecule has 0 bridgehead atoms. The van der Waals surface area contributed by atoms with E-state index in [2.05, 4.69) is 20.6 Å². The van der Waals surface area contributed by atoms with Crippen LogP contribution in [0.2, 0.25) is 0 Å². The van der Waals surface area contributed by atoms with Gasteiger partial charge in [-0.05, 0) is 11.6 Å². The molecular weight excluding hydrogens is 280 g/mol. The van der Waals surface area contributed by atoms with Crippen molar-refractivity contribution in [2.45, 2.75) is 19.1 Å². The lowest BCUT2D eigenvalue weighted by molar-refractivity contribution is -0.122. The van der Waals surface area contributed by atoms with Crippen LogP contribution < -0.4 is 5.32 Å². The van der Waals surface area contributed by atoms with E-state index in [0.717, 1.165) is 5.56 Å². The van der Waals surface area contributed by atoms with Gasteiger partial charge in [0.1, 0.15) is 6.54 Å². The van der Waals surface area contributed by atoms with Crippen LogP contribution in [0.25, 0.3) is 0 Å². The fourth-order valence-corrected chi connectivity index (χ4v) is 2.20. The van der Waals surface area contributed by atoms with Crippen molar-refractivity contribution in [1.29, 1.82) is 0 Å². The van der Waals surface area contributed by atoms with Crippen molar-refractivity contribution in [2.75, 3.05) is 0 Å². The van der Waals surface area contributed by atoms with Crippen molar-refractivity contribution in [2.24, 2.45) is 0 Å². The van der Waals surface area contributed by atoms with E-state index in [9.17, 15) is 4.79 Å². The van der Waals surface area contributed by atoms with Crippen molar-refractivity contribution in [3.05, 3.63) is 66.7 Å². The second kappa shape index (κ2) is 6.66. The summed E-state index contributed by atoms with van der Waals surface area (Å²) in [4.78, 5) is 13.8. The van der Waals surface area contributed by atoms with E-state index < -0.39 is 0 Å². The molecule has 1 amide bonds. The molecule has 0 saturated heterocycles. The minimum Gasteiger partial charge on any atom is -0.346 e. The molecule has 7 heteroatoms. The highest BCUT2D eigenvalue weighted by Crippen LogP contribution is 2.14. The van der Waals surface area contributed by atoms with E-state index in [-0.39, 0.29) is 18.5 Å². The summed E-state index contributed by atoms with van der Waals surface area (Å²) in [5.41, 5.74) is 1.01. The molecule has 0 fully saturated rings. The van der Waals surface area contributed by atoms with E-state index in [1.807, 2.05) is 30.3 Å². The minimum absolute atomic E-state index is 0.107. The third-order valence-corrected chi connectivity index (χ3v) is 3.21. The van der Waals surface area contributed by atoms with Gasteiger partial charge < -0.3 is 5.32 Å². The molecule has 1 N–H and O–H groups in total. The second-order valence-electron chi connectivity index (χ2n) is 4.82. The highest BCUT2D eigenvalue weighted by atomic mass is 16.2. The zero-order chi connectivity index (χ0) is 15.2. The van der Waals surface area contributed by atoms with E-state index in [1.165, 1.54) is 0 Å². The first-order valence-corrected chi connectivity index (χ1v) is 6.97. The lowest BCUT2D eigenvalue weighted by atomic mass is 10.1. The Labute approximate surface area is 127 Å². The van der Waals surface area contributed by atoms with Crippen LogP contribution in [-0.4, -0.2) is 30.7 Å².